The third-order valence-corrected chi connectivity index (χ3v) is 6.73. The van der Waals surface area contributed by atoms with Gasteiger partial charge in [-0.05, 0) is 37.4 Å². The second kappa shape index (κ2) is 8.74. The maximum atomic E-state index is 14.3. The topological polar surface area (TPSA) is 48.2 Å². The highest BCUT2D eigenvalue weighted by Gasteiger charge is 2.34. The molecule has 0 spiro atoms. The first-order chi connectivity index (χ1) is 14.8. The van der Waals surface area contributed by atoms with Crippen molar-refractivity contribution in [3.8, 4) is 0 Å². The lowest BCUT2D eigenvalue weighted by Gasteiger charge is -2.22. The van der Waals surface area contributed by atoms with Crippen LogP contribution in [0.3, 0.4) is 0 Å². The van der Waals surface area contributed by atoms with Gasteiger partial charge in [-0.3, -0.25) is 4.79 Å². The summed E-state index contributed by atoms with van der Waals surface area (Å²) in [5.74, 6) is -6.25. The summed E-state index contributed by atoms with van der Waals surface area (Å²) >= 11 is 5.43. The van der Waals surface area contributed by atoms with E-state index in [1.165, 1.54) is 0 Å². The van der Waals surface area contributed by atoms with Gasteiger partial charge in [0.25, 0.3) is 0 Å². The molecule has 5 nitrogen and oxygen atoms in total. The zero-order valence-corrected chi connectivity index (χ0v) is 17.8. The van der Waals surface area contributed by atoms with Crippen LogP contribution in [-0.2, 0) is 36.0 Å². The molecule has 168 valence electrons. The number of carbonyl (C=O) groups excluding carboxylic acids is 1. The highest BCUT2D eigenvalue weighted by molar-refractivity contribution is 7.71. The SMILES string of the molecule is Cn1c(CC(=O)NCC2CCOCC2)c2n(c1=S)C[C@@H](c1c(F)c(F)cc(F)c1F)C2. The minimum atomic E-state index is -1.43. The van der Waals surface area contributed by atoms with Crippen LogP contribution in [0.4, 0.5) is 17.6 Å². The van der Waals surface area contributed by atoms with E-state index in [0.717, 1.165) is 12.8 Å². The molecule has 2 aliphatic rings. The monoisotopic (exact) mass is 457 g/mol. The number of hydrogen-bond donors (Lipinski definition) is 1. The lowest BCUT2D eigenvalue weighted by atomic mass is 9.94. The molecule has 1 amide bonds. The van der Waals surface area contributed by atoms with Crippen molar-refractivity contribution in [1.29, 1.82) is 0 Å². The highest BCUT2D eigenvalue weighted by atomic mass is 32.1. The number of halogens is 4. The molecule has 0 aliphatic carbocycles. The molecule has 4 rings (SSSR count). The number of aromatic nitrogens is 2. The van der Waals surface area contributed by atoms with E-state index in [9.17, 15) is 22.4 Å². The molecule has 1 fully saturated rings. The van der Waals surface area contributed by atoms with Gasteiger partial charge in [0.15, 0.2) is 28.0 Å². The summed E-state index contributed by atoms with van der Waals surface area (Å²) in [6, 6.07) is 0.204. The van der Waals surface area contributed by atoms with Crippen LogP contribution < -0.4 is 5.32 Å². The van der Waals surface area contributed by atoms with Gasteiger partial charge in [-0.1, -0.05) is 0 Å². The summed E-state index contributed by atoms with van der Waals surface area (Å²) in [7, 11) is 1.73. The Morgan fingerprint density at radius 2 is 1.84 bits per heavy atom. The zero-order valence-electron chi connectivity index (χ0n) is 17.0. The number of hydrogen-bond acceptors (Lipinski definition) is 3. The minimum Gasteiger partial charge on any atom is -0.381 e. The van der Waals surface area contributed by atoms with Crippen molar-refractivity contribution in [3.63, 3.8) is 0 Å². The predicted octanol–water partition coefficient (Wildman–Crippen LogP) is 3.54. The molecule has 31 heavy (non-hydrogen) atoms. The molecule has 0 bridgehead atoms. The third-order valence-electron chi connectivity index (χ3n) is 6.24. The second-order valence-electron chi connectivity index (χ2n) is 8.17. The van der Waals surface area contributed by atoms with E-state index in [4.69, 9.17) is 17.0 Å². The number of fused-ring (bicyclic) bond motifs is 1. The summed E-state index contributed by atoms with van der Waals surface area (Å²) in [5.41, 5.74) is 0.671. The summed E-state index contributed by atoms with van der Waals surface area (Å²) in [4.78, 5) is 12.5. The fourth-order valence-electron chi connectivity index (χ4n) is 4.48. The highest BCUT2D eigenvalue weighted by Crippen LogP contribution is 2.36. The summed E-state index contributed by atoms with van der Waals surface area (Å²) < 4.78 is 65.1. The smallest absolute Gasteiger partial charge is 0.226 e. The largest absolute Gasteiger partial charge is 0.381 e. The summed E-state index contributed by atoms with van der Waals surface area (Å²) in [6.45, 7) is 2.03. The van der Waals surface area contributed by atoms with Crippen molar-refractivity contribution in [2.24, 2.45) is 13.0 Å². The Bertz CT molecular complexity index is 1050. The van der Waals surface area contributed by atoms with Crippen LogP contribution in [-0.4, -0.2) is 34.8 Å². The van der Waals surface area contributed by atoms with E-state index in [0.29, 0.717) is 41.8 Å². The molecule has 0 radical (unpaired) electrons. The molecule has 2 aliphatic heterocycles. The Morgan fingerprint density at radius 1 is 1.19 bits per heavy atom. The van der Waals surface area contributed by atoms with Gasteiger partial charge in [-0.2, -0.15) is 0 Å². The number of nitrogens with zero attached hydrogens (tertiary/aromatic N) is 2. The molecule has 1 atom stereocenters. The van der Waals surface area contributed by atoms with Gasteiger partial charge in [0.2, 0.25) is 5.91 Å². The third kappa shape index (κ3) is 4.15. The van der Waals surface area contributed by atoms with Crippen LogP contribution in [0.5, 0.6) is 0 Å². The van der Waals surface area contributed by atoms with E-state index < -0.39 is 34.8 Å². The lowest BCUT2D eigenvalue weighted by Crippen LogP contribution is -2.33. The number of amides is 1. The number of ether oxygens (including phenoxy) is 1. The van der Waals surface area contributed by atoms with Crippen molar-refractivity contribution < 1.29 is 27.1 Å². The minimum absolute atomic E-state index is 0.0564. The summed E-state index contributed by atoms with van der Waals surface area (Å²) in [5, 5.41) is 2.93. The Hall–Kier alpha value is -2.20. The average molecular weight is 457 g/mol. The van der Waals surface area contributed by atoms with Crippen molar-refractivity contribution in [3.05, 3.63) is 51.1 Å². The Balaban J connectivity index is 1.53. The molecule has 1 N–H and O–H groups in total. The van der Waals surface area contributed by atoms with Crippen molar-refractivity contribution >= 4 is 18.1 Å². The number of rotatable bonds is 5. The van der Waals surface area contributed by atoms with E-state index in [1.54, 1.807) is 16.2 Å². The Morgan fingerprint density at radius 3 is 2.48 bits per heavy atom. The van der Waals surface area contributed by atoms with Gasteiger partial charge in [0.1, 0.15) is 0 Å². The van der Waals surface area contributed by atoms with E-state index in [-0.39, 0.29) is 31.4 Å². The quantitative estimate of drug-likeness (QED) is 0.425. The van der Waals surface area contributed by atoms with Gasteiger partial charge in [0.05, 0.1) is 6.42 Å². The molecular weight excluding hydrogens is 434 g/mol. The first kappa shape index (κ1) is 22.0. The van der Waals surface area contributed by atoms with Gasteiger partial charge in [0, 0.05) is 62.3 Å². The molecule has 10 heteroatoms. The lowest BCUT2D eigenvalue weighted by molar-refractivity contribution is -0.120. The Kier molecular flexibility index (Phi) is 6.20. The van der Waals surface area contributed by atoms with Crippen molar-refractivity contribution in [2.75, 3.05) is 19.8 Å². The fourth-order valence-corrected chi connectivity index (χ4v) is 4.78. The first-order valence-electron chi connectivity index (χ1n) is 10.2. The second-order valence-corrected chi connectivity index (χ2v) is 8.53. The molecule has 0 saturated carbocycles. The Labute approximate surface area is 182 Å². The van der Waals surface area contributed by atoms with Crippen LogP contribution in [0.1, 0.15) is 35.7 Å². The van der Waals surface area contributed by atoms with E-state index in [2.05, 4.69) is 5.32 Å². The van der Waals surface area contributed by atoms with Crippen molar-refractivity contribution in [2.45, 2.75) is 38.1 Å². The van der Waals surface area contributed by atoms with Crippen LogP contribution in [0, 0.1) is 34.0 Å². The van der Waals surface area contributed by atoms with Crippen LogP contribution in [0.2, 0.25) is 0 Å². The number of carbonyl (C=O) groups is 1. The number of nitrogens with one attached hydrogen (secondary N) is 1. The predicted molar refractivity (Wildman–Crippen MR) is 107 cm³/mol. The van der Waals surface area contributed by atoms with Crippen LogP contribution in [0.25, 0.3) is 0 Å². The maximum absolute atomic E-state index is 14.3. The normalized spacial score (nSPS) is 18.9. The first-order valence-corrected chi connectivity index (χ1v) is 10.6. The van der Waals surface area contributed by atoms with Crippen molar-refractivity contribution in [1.82, 2.24) is 14.5 Å². The maximum Gasteiger partial charge on any atom is 0.226 e. The molecular formula is C21H23F4N3O2S. The molecule has 1 aromatic heterocycles. The van der Waals surface area contributed by atoms with Gasteiger partial charge in [-0.15, -0.1) is 0 Å². The van der Waals surface area contributed by atoms with E-state index >= 15 is 0 Å². The van der Waals surface area contributed by atoms with Gasteiger partial charge < -0.3 is 19.2 Å². The van der Waals surface area contributed by atoms with Gasteiger partial charge in [-0.25, -0.2) is 17.6 Å². The molecule has 3 heterocycles. The molecule has 2 aromatic rings. The zero-order chi connectivity index (χ0) is 22.3. The molecule has 1 saturated heterocycles. The standard InChI is InChI=1S/C21H23F4N3O2S/c1-27-15(8-17(29)26-9-11-2-4-30-5-3-11)16-6-12(10-28(16)21(27)31)18-19(24)13(22)7-14(23)20(18)25/h7,11-12H,2-6,8-10H2,1H3,(H,26,29)/t12-/m0/s1. The van der Waals surface area contributed by atoms with Gasteiger partial charge >= 0.3 is 0 Å². The fraction of sp³-hybridized carbons (Fsp3) is 0.524. The summed E-state index contributed by atoms with van der Waals surface area (Å²) in [6.07, 6.45) is 1.98. The molecule has 0 unspecified atom stereocenters. The number of benzene rings is 1. The number of imidazole rings is 1. The van der Waals surface area contributed by atoms with E-state index in [1.807, 2.05) is 0 Å². The van der Waals surface area contributed by atoms with Crippen LogP contribution >= 0.6 is 12.2 Å². The molecule has 1 aromatic carbocycles. The van der Waals surface area contributed by atoms with Crippen LogP contribution in [0.15, 0.2) is 6.07 Å². The average Bonchev–Trinajstić information content (AvgIpc) is 3.27.